The molecule has 6 nitrogen and oxygen atoms in total. The van der Waals surface area contributed by atoms with Gasteiger partial charge < -0.3 is 10.0 Å². The highest BCUT2D eigenvalue weighted by atomic mass is 16.3. The number of nitrogens with zero attached hydrogens (tertiary/aromatic N) is 2. The van der Waals surface area contributed by atoms with Crippen LogP contribution in [0.25, 0.3) is 0 Å². The van der Waals surface area contributed by atoms with E-state index in [1.807, 2.05) is 36.5 Å². The third-order valence-electron chi connectivity index (χ3n) is 5.88. The van der Waals surface area contributed by atoms with E-state index < -0.39 is 30.1 Å². The number of hydrogen-bond donors (Lipinski definition) is 1. The number of carbonyl (C=O) groups is 3. The number of aryl methyl sites for hydroxylation is 2. The molecule has 0 aliphatic rings. The molecule has 36 heavy (non-hydrogen) atoms. The number of pyridine rings is 1. The molecule has 1 amide bonds. The molecule has 0 saturated heterocycles. The summed E-state index contributed by atoms with van der Waals surface area (Å²) in [4.78, 5) is 42.4. The summed E-state index contributed by atoms with van der Waals surface area (Å²) in [6.45, 7) is 0.817. The molecule has 1 heterocycles. The van der Waals surface area contributed by atoms with Gasteiger partial charge in [0.25, 0.3) is 5.91 Å². The molecule has 3 rings (SSSR count). The Bertz CT molecular complexity index is 1220. The first kappa shape index (κ1) is 26.5. The normalized spacial score (nSPS) is 11.2. The van der Waals surface area contributed by atoms with Crippen LogP contribution in [0.1, 0.15) is 52.5 Å². The first-order chi connectivity index (χ1) is 17.4. The molecule has 1 unspecified atom stereocenters. The van der Waals surface area contributed by atoms with Gasteiger partial charge in [0.15, 0.2) is 17.6 Å². The molecule has 0 radical (unpaired) electrons. The highest BCUT2D eigenvalue weighted by Gasteiger charge is 2.32. The first-order valence-electron chi connectivity index (χ1n) is 12.0. The summed E-state index contributed by atoms with van der Waals surface area (Å²) in [5.74, 6) is 4.65. The number of carbonyl (C=O) groups excluding carboxylic acids is 3. The molecular weight excluding hydrogens is 452 g/mol. The molecule has 1 N–H and O–H groups in total. The Kier molecular flexibility index (Phi) is 9.67. The highest BCUT2D eigenvalue weighted by Crippen LogP contribution is 2.12. The zero-order valence-electron chi connectivity index (χ0n) is 20.6. The van der Waals surface area contributed by atoms with Gasteiger partial charge in [0.2, 0.25) is 0 Å². The van der Waals surface area contributed by atoms with Gasteiger partial charge in [-0.3, -0.25) is 19.4 Å². The van der Waals surface area contributed by atoms with Crippen molar-refractivity contribution in [3.05, 3.63) is 101 Å². The zero-order chi connectivity index (χ0) is 25.9. The average Bonchev–Trinajstić information content (AvgIpc) is 2.92. The van der Waals surface area contributed by atoms with E-state index in [0.29, 0.717) is 5.56 Å². The molecule has 2 aromatic carbocycles. The maximum absolute atomic E-state index is 12.8. The van der Waals surface area contributed by atoms with Crippen molar-refractivity contribution in [3.63, 3.8) is 0 Å². The Balaban J connectivity index is 1.59. The Morgan fingerprint density at radius 1 is 0.889 bits per heavy atom. The number of aliphatic hydroxyl groups excluding tert-OH is 1. The van der Waals surface area contributed by atoms with Crippen molar-refractivity contribution in [1.29, 1.82) is 0 Å². The number of ketones is 2. The van der Waals surface area contributed by atoms with Crippen molar-refractivity contribution in [2.24, 2.45) is 0 Å². The van der Waals surface area contributed by atoms with E-state index in [1.165, 1.54) is 12.6 Å². The number of benzene rings is 2. The number of rotatable bonds is 10. The van der Waals surface area contributed by atoms with Gasteiger partial charge >= 0.3 is 0 Å². The quantitative estimate of drug-likeness (QED) is 0.352. The summed E-state index contributed by atoms with van der Waals surface area (Å²) < 4.78 is 0. The fourth-order valence-corrected chi connectivity index (χ4v) is 3.83. The van der Waals surface area contributed by atoms with E-state index in [-0.39, 0.29) is 6.42 Å². The van der Waals surface area contributed by atoms with Crippen molar-refractivity contribution >= 4 is 17.5 Å². The minimum Gasteiger partial charge on any atom is -0.388 e. The second kappa shape index (κ2) is 13.1. The molecule has 0 saturated carbocycles. The lowest BCUT2D eigenvalue weighted by Gasteiger charge is -2.25. The van der Waals surface area contributed by atoms with E-state index in [4.69, 9.17) is 0 Å². The Morgan fingerprint density at radius 3 is 2.08 bits per heavy atom. The van der Waals surface area contributed by atoms with Gasteiger partial charge in [-0.2, -0.15) is 0 Å². The molecule has 0 spiro atoms. The minimum absolute atomic E-state index is 0.0920. The molecule has 184 valence electrons. The molecule has 3 aromatic rings. The van der Waals surface area contributed by atoms with E-state index in [9.17, 15) is 19.5 Å². The molecule has 6 heteroatoms. The number of amides is 1. The molecule has 0 aliphatic carbocycles. The first-order valence-corrected chi connectivity index (χ1v) is 12.0. The maximum Gasteiger partial charge on any atom is 0.254 e. The van der Waals surface area contributed by atoms with Gasteiger partial charge in [0.1, 0.15) is 6.61 Å². The summed E-state index contributed by atoms with van der Waals surface area (Å²) >= 11 is 0. The van der Waals surface area contributed by atoms with Gasteiger partial charge in [0.05, 0.1) is 0 Å². The topological polar surface area (TPSA) is 87.6 Å². The number of aromatic nitrogens is 1. The van der Waals surface area contributed by atoms with Gasteiger partial charge in [-0.1, -0.05) is 37.0 Å². The average molecular weight is 483 g/mol. The summed E-state index contributed by atoms with van der Waals surface area (Å²) in [6.07, 6.45) is 4.87. The van der Waals surface area contributed by atoms with Gasteiger partial charge in [-0.25, -0.2) is 0 Å². The van der Waals surface area contributed by atoms with E-state index in [1.54, 1.807) is 31.2 Å². The summed E-state index contributed by atoms with van der Waals surface area (Å²) in [5, 5.41) is 9.18. The van der Waals surface area contributed by atoms with E-state index >= 15 is 0 Å². The third-order valence-corrected chi connectivity index (χ3v) is 5.88. The third kappa shape index (κ3) is 7.21. The molecule has 1 atom stereocenters. The smallest absolute Gasteiger partial charge is 0.254 e. The van der Waals surface area contributed by atoms with Crippen LogP contribution >= 0.6 is 0 Å². The summed E-state index contributed by atoms with van der Waals surface area (Å²) in [5.41, 5.74) is 4.32. The van der Waals surface area contributed by atoms with Crippen LogP contribution in [0.4, 0.5) is 0 Å². The van der Waals surface area contributed by atoms with Crippen LogP contribution in [-0.2, 0) is 22.4 Å². The summed E-state index contributed by atoms with van der Waals surface area (Å²) in [6, 6.07) is 19.5. The SMILES string of the molecule is CCC(=O)C(C(=O)CO)N(C)C(=O)c1ccc(C#Cc2ccc(CCCc3ccccn3)cc2)cc1. The molecule has 1 aromatic heterocycles. The maximum atomic E-state index is 12.8. The monoisotopic (exact) mass is 482 g/mol. The summed E-state index contributed by atoms with van der Waals surface area (Å²) in [7, 11) is 1.39. The van der Waals surface area contributed by atoms with Gasteiger partial charge in [-0.15, -0.1) is 0 Å². The van der Waals surface area contributed by atoms with Crippen molar-refractivity contribution in [3.8, 4) is 11.8 Å². The molecule has 0 bridgehead atoms. The van der Waals surface area contributed by atoms with Crippen LogP contribution in [-0.4, -0.2) is 52.2 Å². The van der Waals surface area contributed by atoms with Crippen LogP contribution in [0.2, 0.25) is 0 Å². The standard InChI is InChI=1S/C30H30N2O4/c1-3-27(34)29(28(35)21-33)32(2)30(36)25-18-16-24(17-19-25)15-14-23-12-10-22(11-13-23)7-6-9-26-8-4-5-20-31-26/h4-5,8,10-13,16-20,29,33H,3,6-7,9,21H2,1-2H3. The van der Waals surface area contributed by atoms with Crippen molar-refractivity contribution in [2.75, 3.05) is 13.7 Å². The van der Waals surface area contributed by atoms with Crippen LogP contribution in [0, 0.1) is 11.8 Å². The zero-order valence-corrected chi connectivity index (χ0v) is 20.6. The second-order valence-electron chi connectivity index (χ2n) is 8.46. The van der Waals surface area contributed by atoms with Gasteiger partial charge in [0, 0.05) is 42.0 Å². The van der Waals surface area contributed by atoms with E-state index in [0.717, 1.165) is 41.0 Å². The van der Waals surface area contributed by atoms with Crippen LogP contribution in [0.5, 0.6) is 0 Å². The predicted molar refractivity (Wildman–Crippen MR) is 138 cm³/mol. The number of aliphatic hydroxyl groups is 1. The van der Waals surface area contributed by atoms with Crippen molar-refractivity contribution in [2.45, 2.75) is 38.6 Å². The second-order valence-corrected chi connectivity index (χ2v) is 8.46. The number of hydrogen-bond acceptors (Lipinski definition) is 5. The Morgan fingerprint density at radius 2 is 1.53 bits per heavy atom. The molecular formula is C30H30N2O4. The van der Waals surface area contributed by atoms with Crippen molar-refractivity contribution < 1.29 is 19.5 Å². The number of Topliss-reactive ketones (excluding diaryl/α,β-unsaturated/α-hetero) is 2. The van der Waals surface area contributed by atoms with Crippen LogP contribution in [0.3, 0.4) is 0 Å². The van der Waals surface area contributed by atoms with Crippen LogP contribution < -0.4 is 0 Å². The fraction of sp³-hybridized carbons (Fsp3) is 0.267. The Hall–Kier alpha value is -4.08. The minimum atomic E-state index is -1.29. The number of likely N-dealkylation sites (N-methyl/N-ethyl adjacent to an activating group) is 1. The lowest BCUT2D eigenvalue weighted by Crippen LogP contribution is -2.48. The Labute approximate surface area is 212 Å². The van der Waals surface area contributed by atoms with Gasteiger partial charge in [-0.05, 0) is 73.4 Å². The van der Waals surface area contributed by atoms with Crippen LogP contribution in [0.15, 0.2) is 72.9 Å². The predicted octanol–water partition coefficient (Wildman–Crippen LogP) is 3.64. The lowest BCUT2D eigenvalue weighted by atomic mass is 10.0. The van der Waals surface area contributed by atoms with Crippen molar-refractivity contribution in [1.82, 2.24) is 9.88 Å². The molecule has 0 fully saturated rings. The van der Waals surface area contributed by atoms with E-state index in [2.05, 4.69) is 29.0 Å². The highest BCUT2D eigenvalue weighted by molar-refractivity contribution is 6.10. The lowest BCUT2D eigenvalue weighted by molar-refractivity contribution is -0.134. The molecule has 0 aliphatic heterocycles. The largest absolute Gasteiger partial charge is 0.388 e. The fourth-order valence-electron chi connectivity index (χ4n) is 3.83.